The molecule has 0 radical (unpaired) electrons. The van der Waals surface area contributed by atoms with Gasteiger partial charge in [0.15, 0.2) is 6.29 Å². The minimum atomic E-state index is -1.89. The second kappa shape index (κ2) is 4.15. The van der Waals surface area contributed by atoms with Gasteiger partial charge in [-0.2, -0.15) is 0 Å². The molecule has 0 aromatic carbocycles. The average molecular weight is 151 g/mol. The summed E-state index contributed by atoms with van der Waals surface area (Å²) in [7, 11) is 0. The molecule has 0 aromatic heterocycles. The Morgan fingerprint density at radius 3 is 2.20 bits per heavy atom. The fourth-order valence-electron chi connectivity index (χ4n) is 0.387. The van der Waals surface area contributed by atoms with Crippen LogP contribution in [0.5, 0.6) is 0 Å². The van der Waals surface area contributed by atoms with Gasteiger partial charge in [0.05, 0.1) is 0 Å². The van der Waals surface area contributed by atoms with E-state index in [0.29, 0.717) is 0 Å². The molecule has 0 saturated carbocycles. The van der Waals surface area contributed by atoms with E-state index in [0.717, 1.165) is 0 Å². The van der Waals surface area contributed by atoms with Crippen LogP contribution in [0, 0.1) is 10.1 Å². The lowest BCUT2D eigenvalue weighted by Gasteiger charge is -2.08. The van der Waals surface area contributed by atoms with E-state index in [9.17, 15) is 10.1 Å². The summed E-state index contributed by atoms with van der Waals surface area (Å²) in [6.45, 7) is -0.460. The number of aliphatic hydroxyl groups excluding tert-OH is 2. The van der Waals surface area contributed by atoms with Crippen molar-refractivity contribution in [3.8, 4) is 0 Å². The SMILES string of the molecule is O=[N+]([O-])CCC(O)C(O)O. The van der Waals surface area contributed by atoms with Crippen LogP contribution in [0.1, 0.15) is 6.42 Å². The molecule has 1 unspecified atom stereocenters. The number of aliphatic hydroxyl groups is 3. The third-order valence-corrected chi connectivity index (χ3v) is 0.952. The predicted octanol–water partition coefficient (Wildman–Crippen LogP) is -1.68. The van der Waals surface area contributed by atoms with Gasteiger partial charge in [0.2, 0.25) is 6.54 Å². The van der Waals surface area contributed by atoms with Crippen LogP contribution >= 0.6 is 0 Å². The first-order chi connectivity index (χ1) is 4.54. The van der Waals surface area contributed by atoms with Gasteiger partial charge in [0.25, 0.3) is 0 Å². The molecule has 6 nitrogen and oxygen atoms in total. The first-order valence-electron chi connectivity index (χ1n) is 2.70. The van der Waals surface area contributed by atoms with Gasteiger partial charge in [0, 0.05) is 11.3 Å². The van der Waals surface area contributed by atoms with E-state index >= 15 is 0 Å². The number of nitrogens with zero attached hydrogens (tertiary/aromatic N) is 1. The van der Waals surface area contributed by atoms with Gasteiger partial charge >= 0.3 is 0 Å². The van der Waals surface area contributed by atoms with Gasteiger partial charge in [-0.25, -0.2) is 0 Å². The minimum Gasteiger partial charge on any atom is -0.388 e. The van der Waals surface area contributed by atoms with Crippen molar-refractivity contribution in [2.75, 3.05) is 6.54 Å². The highest BCUT2D eigenvalue weighted by Gasteiger charge is 2.14. The third kappa shape index (κ3) is 4.19. The van der Waals surface area contributed by atoms with E-state index in [-0.39, 0.29) is 6.42 Å². The van der Waals surface area contributed by atoms with Crippen LogP contribution in [0.3, 0.4) is 0 Å². The molecule has 0 aliphatic rings. The number of hydrogen-bond acceptors (Lipinski definition) is 5. The lowest BCUT2D eigenvalue weighted by molar-refractivity contribution is -0.482. The molecule has 6 heteroatoms. The lowest BCUT2D eigenvalue weighted by Crippen LogP contribution is -2.27. The summed E-state index contributed by atoms with van der Waals surface area (Å²) in [5.41, 5.74) is 0. The smallest absolute Gasteiger partial charge is 0.206 e. The zero-order chi connectivity index (χ0) is 8.15. The second-order valence-electron chi connectivity index (χ2n) is 1.83. The van der Waals surface area contributed by atoms with Crippen molar-refractivity contribution in [1.82, 2.24) is 0 Å². The molecule has 0 saturated heterocycles. The summed E-state index contributed by atoms with van der Waals surface area (Å²) < 4.78 is 0. The van der Waals surface area contributed by atoms with Gasteiger partial charge in [-0.1, -0.05) is 0 Å². The van der Waals surface area contributed by atoms with Crippen molar-refractivity contribution in [3.05, 3.63) is 10.1 Å². The minimum absolute atomic E-state index is 0.245. The average Bonchev–Trinajstić information content (AvgIpc) is 1.82. The molecule has 1 atom stereocenters. The van der Waals surface area contributed by atoms with E-state index in [1.54, 1.807) is 0 Å². The van der Waals surface area contributed by atoms with Gasteiger partial charge in [-0.05, 0) is 0 Å². The second-order valence-corrected chi connectivity index (χ2v) is 1.83. The Morgan fingerprint density at radius 1 is 1.40 bits per heavy atom. The first kappa shape index (κ1) is 9.28. The summed E-state index contributed by atoms with van der Waals surface area (Å²) in [4.78, 5) is 9.02. The summed E-state index contributed by atoms with van der Waals surface area (Å²) in [5, 5.41) is 34.7. The Kier molecular flexibility index (Phi) is 3.85. The highest BCUT2D eigenvalue weighted by atomic mass is 16.6. The van der Waals surface area contributed by atoms with E-state index in [1.165, 1.54) is 0 Å². The van der Waals surface area contributed by atoms with E-state index in [2.05, 4.69) is 0 Å². The van der Waals surface area contributed by atoms with E-state index in [4.69, 9.17) is 15.3 Å². The van der Waals surface area contributed by atoms with Crippen LogP contribution in [0.2, 0.25) is 0 Å². The van der Waals surface area contributed by atoms with Crippen LogP contribution in [0.4, 0.5) is 0 Å². The molecule has 0 spiro atoms. The molecule has 3 N–H and O–H groups in total. The topological polar surface area (TPSA) is 104 Å². The van der Waals surface area contributed by atoms with Crippen molar-refractivity contribution >= 4 is 0 Å². The van der Waals surface area contributed by atoms with Crippen LogP contribution in [-0.4, -0.2) is 39.2 Å². The monoisotopic (exact) mass is 151 g/mol. The molecule has 0 bridgehead atoms. The summed E-state index contributed by atoms with van der Waals surface area (Å²) in [6.07, 6.45) is -3.56. The van der Waals surface area contributed by atoms with Crippen LogP contribution in [0.15, 0.2) is 0 Å². The van der Waals surface area contributed by atoms with E-state index < -0.39 is 23.9 Å². The first-order valence-corrected chi connectivity index (χ1v) is 2.70. The van der Waals surface area contributed by atoms with Crippen LogP contribution in [0.25, 0.3) is 0 Å². The molecule has 0 heterocycles. The van der Waals surface area contributed by atoms with Crippen molar-refractivity contribution < 1.29 is 20.2 Å². The summed E-state index contributed by atoms with van der Waals surface area (Å²) >= 11 is 0. The van der Waals surface area contributed by atoms with Crippen molar-refractivity contribution in [2.24, 2.45) is 0 Å². The number of hydrogen-bond donors (Lipinski definition) is 3. The van der Waals surface area contributed by atoms with E-state index in [1.807, 2.05) is 0 Å². The summed E-state index contributed by atoms with van der Waals surface area (Å²) in [6, 6.07) is 0. The quantitative estimate of drug-likeness (QED) is 0.253. The van der Waals surface area contributed by atoms with Gasteiger partial charge in [-0.3, -0.25) is 10.1 Å². The standard InChI is InChI=1S/C4H9NO5/c6-3(4(7)8)1-2-5(9)10/h3-4,6-8H,1-2H2. The fraction of sp³-hybridized carbons (Fsp3) is 1.00. The Balaban J connectivity index is 3.39. The van der Waals surface area contributed by atoms with Crippen molar-refractivity contribution in [2.45, 2.75) is 18.8 Å². The highest BCUT2D eigenvalue weighted by molar-refractivity contribution is 4.54. The Labute approximate surface area is 56.9 Å². The predicted molar refractivity (Wildman–Crippen MR) is 30.7 cm³/mol. The molecule has 0 aromatic rings. The maximum Gasteiger partial charge on any atom is 0.206 e. The zero-order valence-corrected chi connectivity index (χ0v) is 5.17. The van der Waals surface area contributed by atoms with Gasteiger partial charge in [-0.15, -0.1) is 0 Å². The maximum atomic E-state index is 9.66. The lowest BCUT2D eigenvalue weighted by atomic mass is 10.2. The van der Waals surface area contributed by atoms with Crippen molar-refractivity contribution in [1.29, 1.82) is 0 Å². The fourth-order valence-corrected chi connectivity index (χ4v) is 0.387. The van der Waals surface area contributed by atoms with Gasteiger partial charge < -0.3 is 15.3 Å². The molecule has 0 amide bonds. The molecule has 0 aliphatic heterocycles. The zero-order valence-electron chi connectivity index (χ0n) is 5.17. The molecule has 0 fully saturated rings. The van der Waals surface area contributed by atoms with Crippen LogP contribution in [-0.2, 0) is 0 Å². The third-order valence-electron chi connectivity index (χ3n) is 0.952. The number of nitro groups is 1. The molecular weight excluding hydrogens is 142 g/mol. The largest absolute Gasteiger partial charge is 0.388 e. The van der Waals surface area contributed by atoms with Gasteiger partial charge in [0.1, 0.15) is 6.10 Å². The molecule has 60 valence electrons. The molecule has 0 aliphatic carbocycles. The summed E-state index contributed by atoms with van der Waals surface area (Å²) in [5.74, 6) is 0. The normalized spacial score (nSPS) is 13.6. The molecule has 10 heavy (non-hydrogen) atoms. The Hall–Kier alpha value is -0.720. The maximum absolute atomic E-state index is 9.66. The molecular formula is C4H9NO5. The highest BCUT2D eigenvalue weighted by Crippen LogP contribution is 1.94. The van der Waals surface area contributed by atoms with Crippen molar-refractivity contribution in [3.63, 3.8) is 0 Å². The number of rotatable bonds is 4. The molecule has 0 rings (SSSR count). The van der Waals surface area contributed by atoms with Crippen LogP contribution < -0.4 is 0 Å². The Morgan fingerprint density at radius 2 is 1.90 bits per heavy atom. The Bertz CT molecular complexity index is 114.